The summed E-state index contributed by atoms with van der Waals surface area (Å²) in [5, 5.41) is 10.4. The molecule has 23 heavy (non-hydrogen) atoms. The van der Waals surface area contributed by atoms with Gasteiger partial charge in [0.15, 0.2) is 5.69 Å². The largest absolute Gasteiger partial charge is 0.332 e. The second-order valence-corrected chi connectivity index (χ2v) is 7.50. The van der Waals surface area contributed by atoms with Crippen LogP contribution in [0.5, 0.6) is 0 Å². The molecule has 2 aliphatic rings. The Bertz CT molecular complexity index is 701. The smallest absolute Gasteiger partial charge is 0.276 e. The highest BCUT2D eigenvalue weighted by Crippen LogP contribution is 2.28. The van der Waals surface area contributed by atoms with Crippen molar-refractivity contribution >= 4 is 17.2 Å². The molecule has 0 saturated heterocycles. The zero-order chi connectivity index (χ0) is 15.8. The lowest BCUT2D eigenvalue weighted by Crippen LogP contribution is -2.35. The van der Waals surface area contributed by atoms with E-state index in [1.54, 1.807) is 11.3 Å². The minimum Gasteiger partial charge on any atom is -0.332 e. The van der Waals surface area contributed by atoms with Crippen molar-refractivity contribution < 1.29 is 4.79 Å². The van der Waals surface area contributed by atoms with Gasteiger partial charge in [-0.2, -0.15) is 0 Å². The summed E-state index contributed by atoms with van der Waals surface area (Å²) >= 11 is 1.78. The predicted molar refractivity (Wildman–Crippen MR) is 88.3 cm³/mol. The second kappa shape index (κ2) is 6.05. The summed E-state index contributed by atoms with van der Waals surface area (Å²) in [4.78, 5) is 15.9. The molecule has 122 valence electrons. The van der Waals surface area contributed by atoms with Crippen LogP contribution in [0.15, 0.2) is 17.6 Å². The molecule has 0 atom stereocenters. The Morgan fingerprint density at radius 2 is 2.13 bits per heavy atom. The molecule has 0 unspecified atom stereocenters. The number of carbonyl (C=O) groups excluding carboxylic acids is 1. The van der Waals surface area contributed by atoms with Crippen molar-refractivity contribution in [2.75, 3.05) is 6.54 Å². The summed E-state index contributed by atoms with van der Waals surface area (Å²) in [5.74, 6) is -0.0133. The number of aromatic nitrogens is 3. The summed E-state index contributed by atoms with van der Waals surface area (Å²) in [5.41, 5.74) is 7.67. The van der Waals surface area contributed by atoms with Gasteiger partial charge in [-0.15, -0.1) is 16.4 Å². The van der Waals surface area contributed by atoms with E-state index in [0.29, 0.717) is 24.3 Å². The van der Waals surface area contributed by atoms with Gasteiger partial charge in [0.05, 0.1) is 12.2 Å². The highest BCUT2D eigenvalue weighted by atomic mass is 32.1. The van der Waals surface area contributed by atoms with Gasteiger partial charge in [0.25, 0.3) is 5.91 Å². The van der Waals surface area contributed by atoms with Gasteiger partial charge in [-0.3, -0.25) is 4.79 Å². The molecule has 1 amide bonds. The first-order chi connectivity index (χ1) is 11.2. The van der Waals surface area contributed by atoms with E-state index in [4.69, 9.17) is 5.73 Å². The molecule has 1 saturated carbocycles. The maximum Gasteiger partial charge on any atom is 0.276 e. The highest BCUT2D eigenvalue weighted by Gasteiger charge is 2.26. The molecule has 2 aromatic heterocycles. The van der Waals surface area contributed by atoms with Crippen molar-refractivity contribution in [1.29, 1.82) is 0 Å². The summed E-state index contributed by atoms with van der Waals surface area (Å²) in [6.45, 7) is 1.44. The van der Waals surface area contributed by atoms with Gasteiger partial charge in [-0.05, 0) is 49.1 Å². The van der Waals surface area contributed by atoms with Crippen molar-refractivity contribution in [3.8, 4) is 0 Å². The lowest BCUT2D eigenvalue weighted by molar-refractivity contribution is 0.0729. The van der Waals surface area contributed by atoms with E-state index in [1.807, 2.05) is 15.8 Å². The third-order valence-electron chi connectivity index (χ3n) is 4.94. The first-order valence-corrected chi connectivity index (χ1v) is 9.10. The molecule has 1 aliphatic heterocycles. The van der Waals surface area contributed by atoms with Crippen LogP contribution in [0.4, 0.5) is 0 Å². The Morgan fingerprint density at radius 1 is 1.30 bits per heavy atom. The number of nitrogens with zero attached hydrogens (tertiary/aromatic N) is 4. The Morgan fingerprint density at radius 3 is 2.96 bits per heavy atom. The minimum atomic E-state index is -0.0133. The van der Waals surface area contributed by atoms with Crippen molar-refractivity contribution in [3.05, 3.63) is 33.8 Å². The fourth-order valence-corrected chi connectivity index (χ4v) is 4.39. The fraction of sp³-hybridized carbons (Fsp3) is 0.562. The predicted octanol–water partition coefficient (Wildman–Crippen LogP) is 1.98. The van der Waals surface area contributed by atoms with Crippen LogP contribution in [0.25, 0.3) is 0 Å². The van der Waals surface area contributed by atoms with E-state index in [-0.39, 0.29) is 5.91 Å². The van der Waals surface area contributed by atoms with Crippen LogP contribution in [0.3, 0.4) is 0 Å². The maximum atomic E-state index is 12.7. The molecule has 4 rings (SSSR count). The number of carbonyl (C=O) groups is 1. The summed E-state index contributed by atoms with van der Waals surface area (Å²) in [7, 11) is 0. The molecular formula is C16H21N5OS. The van der Waals surface area contributed by atoms with Crippen molar-refractivity contribution in [1.82, 2.24) is 19.9 Å². The van der Waals surface area contributed by atoms with Crippen LogP contribution in [0, 0.1) is 0 Å². The van der Waals surface area contributed by atoms with Crippen LogP contribution in [0.1, 0.15) is 52.7 Å². The van der Waals surface area contributed by atoms with Gasteiger partial charge in [0, 0.05) is 24.0 Å². The zero-order valence-electron chi connectivity index (χ0n) is 13.0. The summed E-state index contributed by atoms with van der Waals surface area (Å²) in [6.07, 6.45) is 6.81. The van der Waals surface area contributed by atoms with Gasteiger partial charge in [-0.1, -0.05) is 5.21 Å². The van der Waals surface area contributed by atoms with Gasteiger partial charge in [0.1, 0.15) is 0 Å². The van der Waals surface area contributed by atoms with E-state index in [1.165, 1.54) is 10.4 Å². The van der Waals surface area contributed by atoms with E-state index in [9.17, 15) is 4.79 Å². The SMILES string of the molecule is NC1CCC(n2cc(C(=O)N3CCc4sccc4C3)nn2)CC1. The zero-order valence-corrected chi connectivity index (χ0v) is 13.8. The lowest BCUT2D eigenvalue weighted by atomic mass is 9.92. The van der Waals surface area contributed by atoms with E-state index < -0.39 is 0 Å². The monoisotopic (exact) mass is 331 g/mol. The van der Waals surface area contributed by atoms with Gasteiger partial charge in [-0.25, -0.2) is 4.68 Å². The van der Waals surface area contributed by atoms with Crippen molar-refractivity contribution in [2.45, 2.75) is 50.7 Å². The molecule has 1 aliphatic carbocycles. The standard InChI is InChI=1S/C16H21N5OS/c17-12-1-3-13(4-2-12)21-10-14(18-19-21)16(22)20-7-5-15-11(9-20)6-8-23-15/h6,8,10,12-13H,1-5,7,9,17H2. The van der Waals surface area contributed by atoms with Crippen LogP contribution in [-0.4, -0.2) is 38.4 Å². The Kier molecular flexibility index (Phi) is 3.90. The molecule has 3 heterocycles. The molecule has 0 bridgehead atoms. The van der Waals surface area contributed by atoms with Crippen LogP contribution in [-0.2, 0) is 13.0 Å². The highest BCUT2D eigenvalue weighted by molar-refractivity contribution is 7.10. The third-order valence-corrected chi connectivity index (χ3v) is 5.96. The molecule has 0 aromatic carbocycles. The Labute approximate surface area is 139 Å². The average Bonchev–Trinajstić information content (AvgIpc) is 3.23. The summed E-state index contributed by atoms with van der Waals surface area (Å²) in [6, 6.07) is 2.75. The number of thiophene rings is 1. The fourth-order valence-electron chi connectivity index (χ4n) is 3.50. The Balaban J connectivity index is 1.45. The van der Waals surface area contributed by atoms with Crippen LogP contribution in [0.2, 0.25) is 0 Å². The third kappa shape index (κ3) is 2.90. The molecule has 0 spiro atoms. The van der Waals surface area contributed by atoms with Crippen LogP contribution < -0.4 is 5.73 Å². The minimum absolute atomic E-state index is 0.0133. The van der Waals surface area contributed by atoms with E-state index in [2.05, 4.69) is 21.8 Å². The van der Waals surface area contributed by atoms with E-state index >= 15 is 0 Å². The van der Waals surface area contributed by atoms with Gasteiger partial charge < -0.3 is 10.6 Å². The van der Waals surface area contributed by atoms with Gasteiger partial charge in [0.2, 0.25) is 0 Å². The Hall–Kier alpha value is -1.73. The normalized spacial score (nSPS) is 24.5. The first-order valence-electron chi connectivity index (χ1n) is 8.22. The lowest BCUT2D eigenvalue weighted by Gasteiger charge is -2.26. The topological polar surface area (TPSA) is 77.0 Å². The molecule has 2 aromatic rings. The second-order valence-electron chi connectivity index (χ2n) is 6.50. The molecule has 7 heteroatoms. The van der Waals surface area contributed by atoms with E-state index in [0.717, 1.165) is 38.6 Å². The van der Waals surface area contributed by atoms with Gasteiger partial charge >= 0.3 is 0 Å². The maximum absolute atomic E-state index is 12.7. The molecule has 1 fully saturated rings. The molecular weight excluding hydrogens is 310 g/mol. The van der Waals surface area contributed by atoms with Crippen LogP contribution >= 0.6 is 11.3 Å². The number of rotatable bonds is 2. The molecule has 6 nitrogen and oxygen atoms in total. The van der Waals surface area contributed by atoms with Crippen molar-refractivity contribution in [3.63, 3.8) is 0 Å². The summed E-state index contributed by atoms with van der Waals surface area (Å²) < 4.78 is 1.86. The number of nitrogens with two attached hydrogens (primary N) is 1. The molecule has 2 N–H and O–H groups in total. The number of hydrogen-bond donors (Lipinski definition) is 1. The quantitative estimate of drug-likeness (QED) is 0.913. The number of amides is 1. The average molecular weight is 331 g/mol. The number of hydrogen-bond acceptors (Lipinski definition) is 5. The first kappa shape index (κ1) is 14.8. The van der Waals surface area contributed by atoms with Crippen molar-refractivity contribution in [2.24, 2.45) is 5.73 Å². The molecule has 0 radical (unpaired) electrons. The number of fused-ring (bicyclic) bond motifs is 1.